The molecule has 1 amide bonds. The van der Waals surface area contributed by atoms with E-state index in [0.717, 1.165) is 12.8 Å². The molecular formula is C12H14FNO2S. The maximum atomic E-state index is 13.0. The third kappa shape index (κ3) is 2.79. The van der Waals surface area contributed by atoms with Crippen LogP contribution in [0, 0.1) is 5.82 Å². The van der Waals surface area contributed by atoms with Crippen LogP contribution < -0.4 is 0 Å². The van der Waals surface area contributed by atoms with Gasteiger partial charge in [-0.25, -0.2) is 4.39 Å². The minimum atomic E-state index is -0.455. The van der Waals surface area contributed by atoms with Crippen LogP contribution in [0.15, 0.2) is 23.1 Å². The number of hydrogen-bond donors (Lipinski definition) is 2. The Morgan fingerprint density at radius 1 is 1.53 bits per heavy atom. The lowest BCUT2D eigenvalue weighted by Gasteiger charge is -2.30. The Morgan fingerprint density at radius 3 is 2.94 bits per heavy atom. The number of hydrogen-bond acceptors (Lipinski definition) is 3. The fraction of sp³-hybridized carbons (Fsp3) is 0.417. The molecule has 1 aliphatic rings. The second-order valence-electron chi connectivity index (χ2n) is 4.21. The van der Waals surface area contributed by atoms with Crippen molar-refractivity contribution in [3.05, 3.63) is 29.6 Å². The van der Waals surface area contributed by atoms with Gasteiger partial charge in [-0.2, -0.15) is 0 Å². The first-order chi connectivity index (χ1) is 8.08. The van der Waals surface area contributed by atoms with Gasteiger partial charge in [0, 0.05) is 23.5 Å². The second-order valence-corrected chi connectivity index (χ2v) is 4.70. The number of benzene rings is 1. The number of nitrogens with zero attached hydrogens (tertiary/aromatic N) is 1. The van der Waals surface area contributed by atoms with Crippen LogP contribution in [-0.2, 0) is 0 Å². The van der Waals surface area contributed by atoms with Crippen molar-refractivity contribution in [3.8, 4) is 0 Å². The Morgan fingerprint density at radius 2 is 2.29 bits per heavy atom. The third-order valence-corrected chi connectivity index (χ3v) is 3.22. The molecule has 1 atom stereocenters. The third-order valence-electron chi connectivity index (χ3n) is 2.88. The van der Waals surface area contributed by atoms with Crippen molar-refractivity contribution in [3.63, 3.8) is 0 Å². The van der Waals surface area contributed by atoms with Gasteiger partial charge in [0.15, 0.2) is 0 Å². The number of aliphatic hydroxyl groups excluding tert-OH is 1. The van der Waals surface area contributed by atoms with Crippen molar-refractivity contribution in [2.75, 3.05) is 13.1 Å². The smallest absolute Gasteiger partial charge is 0.253 e. The fourth-order valence-electron chi connectivity index (χ4n) is 1.97. The summed E-state index contributed by atoms with van der Waals surface area (Å²) >= 11 is 3.95. The van der Waals surface area contributed by atoms with Crippen LogP contribution in [0.4, 0.5) is 4.39 Å². The molecule has 0 bridgehead atoms. The first-order valence-corrected chi connectivity index (χ1v) is 5.98. The number of carbonyl (C=O) groups is 1. The lowest BCUT2D eigenvalue weighted by Crippen LogP contribution is -2.42. The van der Waals surface area contributed by atoms with Gasteiger partial charge in [0.05, 0.1) is 6.10 Å². The van der Waals surface area contributed by atoms with E-state index in [1.165, 1.54) is 18.2 Å². The van der Waals surface area contributed by atoms with E-state index in [-0.39, 0.29) is 10.8 Å². The number of amides is 1. The summed E-state index contributed by atoms with van der Waals surface area (Å²) in [5.74, 6) is -0.623. The van der Waals surface area contributed by atoms with Crippen LogP contribution in [0.5, 0.6) is 0 Å². The highest BCUT2D eigenvalue weighted by Gasteiger charge is 2.23. The molecule has 1 saturated heterocycles. The van der Waals surface area contributed by atoms with Gasteiger partial charge < -0.3 is 10.0 Å². The average molecular weight is 255 g/mol. The van der Waals surface area contributed by atoms with Crippen molar-refractivity contribution >= 4 is 18.5 Å². The molecule has 1 aromatic carbocycles. The number of β-amino-alcohol motifs (C(OH)–C–C–N with tert-alkyl or cyclic N) is 1. The Bertz CT molecular complexity index is 439. The van der Waals surface area contributed by atoms with Gasteiger partial charge in [0.2, 0.25) is 0 Å². The zero-order valence-electron chi connectivity index (χ0n) is 9.27. The van der Waals surface area contributed by atoms with Gasteiger partial charge >= 0.3 is 0 Å². The Balaban J connectivity index is 2.15. The van der Waals surface area contributed by atoms with Gasteiger partial charge in [0.1, 0.15) is 5.82 Å². The van der Waals surface area contributed by atoms with Crippen LogP contribution in [0.2, 0.25) is 0 Å². The van der Waals surface area contributed by atoms with E-state index in [9.17, 15) is 14.3 Å². The highest BCUT2D eigenvalue weighted by molar-refractivity contribution is 7.80. The summed E-state index contributed by atoms with van der Waals surface area (Å²) in [7, 11) is 0. The Kier molecular flexibility index (Phi) is 3.69. The monoisotopic (exact) mass is 255 g/mol. The molecule has 1 aliphatic heterocycles. The molecule has 0 aromatic heterocycles. The molecule has 1 N–H and O–H groups in total. The van der Waals surface area contributed by atoms with Crippen LogP contribution in [-0.4, -0.2) is 35.1 Å². The molecular weight excluding hydrogens is 241 g/mol. The van der Waals surface area contributed by atoms with E-state index in [4.69, 9.17) is 0 Å². The number of likely N-dealkylation sites (tertiary alicyclic amines) is 1. The van der Waals surface area contributed by atoms with E-state index in [2.05, 4.69) is 12.6 Å². The SMILES string of the molecule is O=C(c1ccc(F)c(S)c1)N1CCCC(O)C1. The van der Waals surface area contributed by atoms with Crippen LogP contribution in [0.1, 0.15) is 23.2 Å². The molecule has 1 fully saturated rings. The molecule has 2 rings (SSSR count). The summed E-state index contributed by atoms with van der Waals surface area (Å²) in [6.07, 6.45) is 1.07. The maximum Gasteiger partial charge on any atom is 0.253 e. The summed E-state index contributed by atoms with van der Waals surface area (Å²) in [6.45, 7) is 0.979. The molecule has 1 unspecified atom stereocenters. The summed E-state index contributed by atoms with van der Waals surface area (Å²) in [5.41, 5.74) is 0.408. The Hall–Kier alpha value is -1.07. The van der Waals surface area contributed by atoms with Gasteiger partial charge in [-0.05, 0) is 31.0 Å². The number of halogens is 1. The predicted molar refractivity (Wildman–Crippen MR) is 64.8 cm³/mol. The molecule has 0 spiro atoms. The lowest BCUT2D eigenvalue weighted by atomic mass is 10.1. The van der Waals surface area contributed by atoms with Crippen molar-refractivity contribution in [2.24, 2.45) is 0 Å². The summed E-state index contributed by atoms with van der Waals surface area (Å²) in [4.78, 5) is 13.8. The average Bonchev–Trinajstić information content (AvgIpc) is 2.32. The molecule has 0 aliphatic carbocycles. The number of rotatable bonds is 1. The molecule has 5 heteroatoms. The summed E-state index contributed by atoms with van der Waals surface area (Å²) in [5, 5.41) is 9.51. The van der Waals surface area contributed by atoms with Gasteiger partial charge in [-0.1, -0.05) is 0 Å². The zero-order chi connectivity index (χ0) is 12.4. The number of aliphatic hydroxyl groups is 1. The molecule has 0 saturated carbocycles. The van der Waals surface area contributed by atoms with Crippen LogP contribution >= 0.6 is 12.6 Å². The molecule has 92 valence electrons. The van der Waals surface area contributed by atoms with Gasteiger partial charge in [0.25, 0.3) is 5.91 Å². The van der Waals surface area contributed by atoms with Crippen LogP contribution in [0.3, 0.4) is 0 Å². The number of thiol groups is 1. The number of piperidine rings is 1. The molecule has 17 heavy (non-hydrogen) atoms. The van der Waals surface area contributed by atoms with Gasteiger partial charge in [-0.15, -0.1) is 12.6 Å². The van der Waals surface area contributed by atoms with Crippen molar-refractivity contribution in [1.82, 2.24) is 4.90 Å². The van der Waals surface area contributed by atoms with Crippen LogP contribution in [0.25, 0.3) is 0 Å². The van der Waals surface area contributed by atoms with E-state index in [1.807, 2.05) is 0 Å². The number of carbonyl (C=O) groups excluding carboxylic acids is 1. The van der Waals surface area contributed by atoms with E-state index in [0.29, 0.717) is 18.7 Å². The zero-order valence-corrected chi connectivity index (χ0v) is 10.2. The van der Waals surface area contributed by atoms with Gasteiger partial charge in [-0.3, -0.25) is 4.79 Å². The van der Waals surface area contributed by atoms with E-state index < -0.39 is 11.9 Å². The standard InChI is InChI=1S/C12H14FNO2S/c13-10-4-3-8(6-11(10)17)12(16)14-5-1-2-9(15)7-14/h3-4,6,9,15,17H,1-2,5,7H2. The first kappa shape index (κ1) is 12.4. The predicted octanol–water partition coefficient (Wildman–Crippen LogP) is 1.71. The molecule has 3 nitrogen and oxygen atoms in total. The Labute approximate surface area is 105 Å². The van der Waals surface area contributed by atoms with E-state index in [1.54, 1.807) is 4.90 Å². The molecule has 0 radical (unpaired) electrons. The van der Waals surface area contributed by atoms with Crippen molar-refractivity contribution in [1.29, 1.82) is 0 Å². The summed E-state index contributed by atoms with van der Waals surface area (Å²) < 4.78 is 13.0. The lowest BCUT2D eigenvalue weighted by molar-refractivity contribution is 0.0473. The minimum Gasteiger partial charge on any atom is -0.391 e. The molecule has 1 heterocycles. The van der Waals surface area contributed by atoms with E-state index >= 15 is 0 Å². The normalized spacial score (nSPS) is 20.4. The topological polar surface area (TPSA) is 40.5 Å². The quantitative estimate of drug-likeness (QED) is 0.750. The molecule has 1 aromatic rings. The fourth-order valence-corrected chi connectivity index (χ4v) is 2.18. The minimum absolute atomic E-state index is 0.161. The first-order valence-electron chi connectivity index (χ1n) is 5.54. The second kappa shape index (κ2) is 5.06. The highest BCUT2D eigenvalue weighted by atomic mass is 32.1. The van der Waals surface area contributed by atoms with Crippen molar-refractivity contribution < 1.29 is 14.3 Å². The van der Waals surface area contributed by atoms with Crippen molar-refractivity contribution in [2.45, 2.75) is 23.8 Å². The summed E-state index contributed by atoms with van der Waals surface area (Å²) in [6, 6.07) is 4.09. The maximum absolute atomic E-state index is 13.0. The highest BCUT2D eigenvalue weighted by Crippen LogP contribution is 2.18. The largest absolute Gasteiger partial charge is 0.391 e.